The summed E-state index contributed by atoms with van der Waals surface area (Å²) in [6, 6.07) is 5.39. The van der Waals surface area contributed by atoms with Gasteiger partial charge in [0, 0.05) is 37.3 Å². The first kappa shape index (κ1) is 28.1. The Morgan fingerprint density at radius 3 is 2.12 bits per heavy atom. The smallest absolute Gasteiger partial charge is 0.253 e. The van der Waals surface area contributed by atoms with Gasteiger partial charge in [-0.05, 0) is 43.9 Å². The van der Waals surface area contributed by atoms with Gasteiger partial charge in [-0.2, -0.15) is 0 Å². The number of hydrogen-bond donors (Lipinski definition) is 4. The Kier molecular flexibility index (Phi) is 12.1. The molecule has 5 N–H and O–H groups in total. The molecule has 0 bridgehead atoms. The van der Waals surface area contributed by atoms with Gasteiger partial charge >= 0.3 is 0 Å². The number of nitrogens with zero attached hydrogens (tertiary/aromatic N) is 1. The number of primary amides is 1. The molecule has 0 radical (unpaired) electrons. The number of rotatable bonds is 14. The van der Waals surface area contributed by atoms with Crippen LogP contribution in [0.4, 0.5) is 0 Å². The summed E-state index contributed by atoms with van der Waals surface area (Å²) in [5, 5.41) is 8.43. The number of carbonyl (C=O) groups excluding carboxylic acids is 4. The second-order valence-corrected chi connectivity index (χ2v) is 8.44. The zero-order valence-electron chi connectivity index (χ0n) is 20.4. The van der Waals surface area contributed by atoms with Gasteiger partial charge in [0.1, 0.15) is 6.04 Å². The fourth-order valence-corrected chi connectivity index (χ4v) is 3.33. The molecular formula is C24H39N5O4. The topological polar surface area (TPSA) is 134 Å². The average Bonchev–Trinajstić information content (AvgIpc) is 2.78. The number of nitrogens with two attached hydrogens (primary N) is 1. The van der Waals surface area contributed by atoms with Crippen molar-refractivity contribution in [2.45, 2.75) is 59.5 Å². The van der Waals surface area contributed by atoms with E-state index in [1.165, 1.54) is 0 Å². The molecule has 0 aliphatic carbocycles. The van der Waals surface area contributed by atoms with E-state index in [2.05, 4.69) is 16.0 Å². The van der Waals surface area contributed by atoms with Gasteiger partial charge in [0.15, 0.2) is 0 Å². The summed E-state index contributed by atoms with van der Waals surface area (Å²) in [7, 11) is 0. The molecule has 0 spiro atoms. The number of nitrogens with one attached hydrogen (secondary N) is 3. The molecule has 9 heteroatoms. The van der Waals surface area contributed by atoms with E-state index in [0.717, 1.165) is 12.8 Å². The molecule has 0 aliphatic heterocycles. The van der Waals surface area contributed by atoms with Crippen molar-refractivity contribution >= 4 is 23.6 Å². The van der Waals surface area contributed by atoms with Gasteiger partial charge in [-0.1, -0.05) is 33.8 Å². The molecule has 1 aromatic rings. The van der Waals surface area contributed by atoms with Crippen molar-refractivity contribution < 1.29 is 19.2 Å². The van der Waals surface area contributed by atoms with Gasteiger partial charge in [-0.15, -0.1) is 0 Å². The van der Waals surface area contributed by atoms with E-state index >= 15 is 0 Å². The number of amides is 4. The molecule has 1 rings (SSSR count). The van der Waals surface area contributed by atoms with Gasteiger partial charge in [-0.3, -0.25) is 19.2 Å². The summed E-state index contributed by atoms with van der Waals surface area (Å²) in [6.07, 6.45) is 1.74. The Bertz CT molecular complexity index is 806. The average molecular weight is 462 g/mol. The molecule has 184 valence electrons. The van der Waals surface area contributed by atoms with Crippen molar-refractivity contribution in [1.82, 2.24) is 20.9 Å². The highest BCUT2D eigenvalue weighted by atomic mass is 16.2. The molecule has 0 heterocycles. The Balaban J connectivity index is 2.58. The fourth-order valence-electron chi connectivity index (χ4n) is 3.33. The molecule has 0 aromatic heterocycles. The molecule has 0 aliphatic rings. The minimum absolute atomic E-state index is 0.0782. The molecule has 1 aromatic carbocycles. The monoisotopic (exact) mass is 461 g/mol. The van der Waals surface area contributed by atoms with Crippen LogP contribution in [-0.4, -0.2) is 66.8 Å². The van der Waals surface area contributed by atoms with Crippen LogP contribution in [0.3, 0.4) is 0 Å². The fraction of sp³-hybridized carbons (Fsp3) is 0.583. The van der Waals surface area contributed by atoms with Gasteiger partial charge in [0.05, 0.1) is 6.04 Å². The van der Waals surface area contributed by atoms with Crippen LogP contribution in [0.1, 0.15) is 68.2 Å². The van der Waals surface area contributed by atoms with E-state index in [9.17, 15) is 19.2 Å². The molecule has 0 saturated carbocycles. The quantitative estimate of drug-likeness (QED) is 0.310. The van der Waals surface area contributed by atoms with E-state index in [4.69, 9.17) is 5.73 Å². The normalized spacial score (nSPS) is 12.7. The zero-order valence-corrected chi connectivity index (χ0v) is 20.4. The molecule has 0 saturated heterocycles. The maximum absolute atomic E-state index is 12.8. The summed E-state index contributed by atoms with van der Waals surface area (Å²) in [4.78, 5) is 50.8. The number of hydrogen-bond acceptors (Lipinski definition) is 5. The van der Waals surface area contributed by atoms with Crippen LogP contribution in [0.25, 0.3) is 0 Å². The lowest BCUT2D eigenvalue weighted by atomic mass is 10.0. The summed E-state index contributed by atoms with van der Waals surface area (Å²) in [5.41, 5.74) is 6.22. The van der Waals surface area contributed by atoms with Crippen LogP contribution in [0, 0.1) is 5.92 Å². The van der Waals surface area contributed by atoms with Crippen molar-refractivity contribution in [2.75, 3.05) is 26.2 Å². The van der Waals surface area contributed by atoms with E-state index in [0.29, 0.717) is 30.8 Å². The molecule has 4 amide bonds. The lowest BCUT2D eigenvalue weighted by Gasteiger charge is -2.22. The van der Waals surface area contributed by atoms with Crippen LogP contribution < -0.4 is 21.7 Å². The van der Waals surface area contributed by atoms with Crippen LogP contribution in [-0.2, 0) is 9.59 Å². The standard InChI is InChI=1S/C24H39N5O4/c1-6-13-29(14-7-2)24(33)19-10-8-9-18(15-19)23(32)27-12-11-26-17(5)22(31)28-20(16(3)4)21(25)30/h8-10,15-17,20,26H,6-7,11-14H2,1-5H3,(H2,25,30)(H,27,32)(H,28,31). The Morgan fingerprint density at radius 2 is 1.58 bits per heavy atom. The molecule has 0 fully saturated rings. The highest BCUT2D eigenvalue weighted by Gasteiger charge is 2.24. The lowest BCUT2D eigenvalue weighted by Crippen LogP contribution is -2.53. The van der Waals surface area contributed by atoms with Crippen molar-refractivity contribution in [3.63, 3.8) is 0 Å². The highest BCUT2D eigenvalue weighted by molar-refractivity contribution is 5.99. The Morgan fingerprint density at radius 1 is 0.970 bits per heavy atom. The third-order valence-corrected chi connectivity index (χ3v) is 5.17. The summed E-state index contributed by atoms with van der Waals surface area (Å²) < 4.78 is 0. The Hall–Kier alpha value is -2.94. The second kappa shape index (κ2) is 14.3. The largest absolute Gasteiger partial charge is 0.368 e. The van der Waals surface area contributed by atoms with Crippen LogP contribution in [0.15, 0.2) is 24.3 Å². The molecular weight excluding hydrogens is 422 g/mol. The SMILES string of the molecule is CCCN(CCC)C(=O)c1cccc(C(=O)NCCNC(C)C(=O)NC(C(N)=O)C(C)C)c1. The molecule has 2 atom stereocenters. The maximum atomic E-state index is 12.8. The minimum Gasteiger partial charge on any atom is -0.368 e. The molecule has 9 nitrogen and oxygen atoms in total. The first-order valence-corrected chi connectivity index (χ1v) is 11.6. The van der Waals surface area contributed by atoms with Gasteiger partial charge in [0.2, 0.25) is 11.8 Å². The summed E-state index contributed by atoms with van der Waals surface area (Å²) in [5.74, 6) is -1.41. The summed E-state index contributed by atoms with van der Waals surface area (Å²) in [6.45, 7) is 11.3. The predicted molar refractivity (Wildman–Crippen MR) is 129 cm³/mol. The van der Waals surface area contributed by atoms with E-state index in [1.54, 1.807) is 49.9 Å². The third kappa shape index (κ3) is 9.21. The van der Waals surface area contributed by atoms with Crippen LogP contribution >= 0.6 is 0 Å². The lowest BCUT2D eigenvalue weighted by molar-refractivity contribution is -0.129. The van der Waals surface area contributed by atoms with E-state index in [1.807, 2.05) is 13.8 Å². The van der Waals surface area contributed by atoms with Crippen molar-refractivity contribution in [2.24, 2.45) is 11.7 Å². The highest BCUT2D eigenvalue weighted by Crippen LogP contribution is 2.10. The van der Waals surface area contributed by atoms with E-state index < -0.39 is 18.0 Å². The van der Waals surface area contributed by atoms with Crippen molar-refractivity contribution in [1.29, 1.82) is 0 Å². The number of benzene rings is 1. The predicted octanol–water partition coefficient (Wildman–Crippen LogP) is 1.28. The summed E-state index contributed by atoms with van der Waals surface area (Å²) >= 11 is 0. The van der Waals surface area contributed by atoms with E-state index in [-0.39, 0.29) is 30.2 Å². The van der Waals surface area contributed by atoms with Gasteiger partial charge < -0.3 is 26.6 Å². The molecule has 2 unspecified atom stereocenters. The zero-order chi connectivity index (χ0) is 25.0. The number of carbonyl (C=O) groups is 4. The second-order valence-electron chi connectivity index (χ2n) is 8.44. The molecule has 33 heavy (non-hydrogen) atoms. The van der Waals surface area contributed by atoms with Crippen LogP contribution in [0.5, 0.6) is 0 Å². The first-order chi connectivity index (χ1) is 15.6. The Labute approximate surface area is 196 Å². The van der Waals surface area contributed by atoms with Crippen molar-refractivity contribution in [3.05, 3.63) is 35.4 Å². The van der Waals surface area contributed by atoms with Gasteiger partial charge in [-0.25, -0.2) is 0 Å². The minimum atomic E-state index is -0.734. The maximum Gasteiger partial charge on any atom is 0.253 e. The van der Waals surface area contributed by atoms with Crippen LogP contribution in [0.2, 0.25) is 0 Å². The van der Waals surface area contributed by atoms with Crippen molar-refractivity contribution in [3.8, 4) is 0 Å². The van der Waals surface area contributed by atoms with Gasteiger partial charge in [0.25, 0.3) is 11.8 Å². The third-order valence-electron chi connectivity index (χ3n) is 5.17. The first-order valence-electron chi connectivity index (χ1n) is 11.6.